The molecule has 0 spiro atoms. The van der Waals surface area contributed by atoms with E-state index in [9.17, 15) is 0 Å². The molecule has 0 aromatic heterocycles. The van der Waals surface area contributed by atoms with Crippen molar-refractivity contribution in [2.45, 2.75) is 87.3 Å². The van der Waals surface area contributed by atoms with Crippen molar-refractivity contribution in [3.63, 3.8) is 0 Å². The maximum absolute atomic E-state index is 6.36. The van der Waals surface area contributed by atoms with Crippen LogP contribution < -0.4 is 11.1 Å². The van der Waals surface area contributed by atoms with Crippen LogP contribution in [0.5, 0.6) is 0 Å². The summed E-state index contributed by atoms with van der Waals surface area (Å²) in [5.41, 5.74) is 9.03. The molecule has 0 aliphatic carbocycles. The molecule has 1 aliphatic rings. The van der Waals surface area contributed by atoms with E-state index < -0.39 is 0 Å². The highest BCUT2D eigenvalue weighted by atomic mass is 32.2. The van der Waals surface area contributed by atoms with E-state index in [1.165, 1.54) is 11.1 Å². The minimum Gasteiger partial charge on any atom is -0.362 e. The lowest BCUT2D eigenvalue weighted by Crippen LogP contribution is -2.61. The second-order valence-electron chi connectivity index (χ2n) is 12.0. The van der Waals surface area contributed by atoms with Crippen LogP contribution in [0.1, 0.15) is 59.1 Å². The van der Waals surface area contributed by atoms with Crippen molar-refractivity contribution in [1.29, 1.82) is 0 Å². The highest BCUT2D eigenvalue weighted by molar-refractivity contribution is 8.00. The molecule has 3 unspecified atom stereocenters. The largest absolute Gasteiger partial charge is 0.362 e. The first-order valence-corrected chi connectivity index (χ1v) is 17.0. The molecule has 2 aromatic rings. The van der Waals surface area contributed by atoms with Gasteiger partial charge in [0, 0.05) is 73.6 Å². The smallest absolute Gasteiger partial charge is 0.123 e. The zero-order chi connectivity index (χ0) is 29.0. The van der Waals surface area contributed by atoms with Gasteiger partial charge in [0.25, 0.3) is 0 Å². The van der Waals surface area contributed by atoms with Crippen molar-refractivity contribution >= 4 is 23.5 Å². The van der Waals surface area contributed by atoms with E-state index in [0.717, 1.165) is 57.3 Å². The summed E-state index contributed by atoms with van der Waals surface area (Å²) in [4.78, 5) is 5.17. The highest BCUT2D eigenvalue weighted by Crippen LogP contribution is 2.36. The normalized spacial score (nSPS) is 20.2. The zero-order valence-electron chi connectivity index (χ0n) is 25.8. The number of hydrogen-bond donors (Lipinski definition) is 2. The molecule has 3 rings (SSSR count). The molecule has 3 atom stereocenters. The molecule has 7 heteroatoms. The lowest BCUT2D eigenvalue weighted by atomic mass is 9.97. The number of nitrogens with zero attached hydrogens (tertiary/aromatic N) is 2. The molecule has 0 bridgehead atoms. The number of thioether (sulfide) groups is 2. The lowest BCUT2D eigenvalue weighted by Gasteiger charge is -2.48. The number of rotatable bonds is 17. The summed E-state index contributed by atoms with van der Waals surface area (Å²) in [7, 11) is 0. The van der Waals surface area contributed by atoms with Crippen LogP contribution in [-0.2, 0) is 16.2 Å². The third-order valence-electron chi connectivity index (χ3n) is 7.89. The number of nitrogens with two attached hydrogens (primary N) is 1. The minimum atomic E-state index is -0.200. The van der Waals surface area contributed by atoms with Gasteiger partial charge in [-0.15, -0.1) is 23.5 Å². The van der Waals surface area contributed by atoms with Crippen LogP contribution in [-0.4, -0.2) is 83.5 Å². The molecule has 224 valence electrons. The standard InChI is InChI=1S/C33H54N4OS2/c1-7-30(23-36-20-21-38-33(6,26-36)40-25-29-16-12-9-13-17-29)37(19-18-34)31(22-35-27(2)3)32(4,5)39-24-28-14-10-8-11-15-28/h8-17,27,30-31,35H,7,18-26,34H2,1-6H3. The summed E-state index contributed by atoms with van der Waals surface area (Å²) < 4.78 is 6.40. The Morgan fingerprint density at radius 3 is 2.25 bits per heavy atom. The van der Waals surface area contributed by atoms with Crippen LogP contribution in [0, 0.1) is 0 Å². The van der Waals surface area contributed by atoms with Crippen LogP contribution in [0.25, 0.3) is 0 Å². The zero-order valence-corrected chi connectivity index (χ0v) is 27.4. The first-order chi connectivity index (χ1) is 19.2. The summed E-state index contributed by atoms with van der Waals surface area (Å²) in [6, 6.07) is 22.8. The van der Waals surface area contributed by atoms with Gasteiger partial charge in [0.15, 0.2) is 0 Å². The molecule has 0 amide bonds. The van der Waals surface area contributed by atoms with Crippen molar-refractivity contribution < 1.29 is 4.74 Å². The van der Waals surface area contributed by atoms with Gasteiger partial charge in [-0.05, 0) is 38.3 Å². The topological polar surface area (TPSA) is 53.8 Å². The fourth-order valence-electron chi connectivity index (χ4n) is 5.53. The molecule has 1 heterocycles. The molecule has 5 nitrogen and oxygen atoms in total. The molecule has 3 N–H and O–H groups in total. The maximum Gasteiger partial charge on any atom is 0.123 e. The Morgan fingerprint density at radius 1 is 1.05 bits per heavy atom. The Hall–Kier alpha value is -1.06. The van der Waals surface area contributed by atoms with Gasteiger partial charge < -0.3 is 15.8 Å². The summed E-state index contributed by atoms with van der Waals surface area (Å²) >= 11 is 3.99. The molecule has 0 radical (unpaired) electrons. The van der Waals surface area contributed by atoms with Crippen molar-refractivity contribution in [3.8, 4) is 0 Å². The number of nitrogens with one attached hydrogen (secondary N) is 1. The summed E-state index contributed by atoms with van der Waals surface area (Å²) in [6.45, 7) is 20.2. The molecule has 40 heavy (non-hydrogen) atoms. The average molecular weight is 587 g/mol. The Labute approximate surface area is 253 Å². The van der Waals surface area contributed by atoms with Crippen molar-refractivity contribution in [1.82, 2.24) is 15.1 Å². The number of hydrogen-bond acceptors (Lipinski definition) is 7. The van der Waals surface area contributed by atoms with Gasteiger partial charge in [0.05, 0.1) is 6.61 Å². The number of benzene rings is 2. The van der Waals surface area contributed by atoms with Gasteiger partial charge in [0.1, 0.15) is 4.93 Å². The summed E-state index contributed by atoms with van der Waals surface area (Å²) in [5, 5.41) is 3.78. The predicted octanol–water partition coefficient (Wildman–Crippen LogP) is 6.09. The Kier molecular flexibility index (Phi) is 13.8. The second-order valence-corrected chi connectivity index (χ2v) is 15.1. The van der Waals surface area contributed by atoms with E-state index in [1.54, 1.807) is 0 Å². The molecule has 0 saturated carbocycles. The average Bonchev–Trinajstić information content (AvgIpc) is 2.94. The third kappa shape index (κ3) is 10.6. The molecular formula is C33H54N4OS2. The Morgan fingerprint density at radius 2 is 1.68 bits per heavy atom. The van der Waals surface area contributed by atoms with Crippen molar-refractivity contribution in [2.75, 3.05) is 45.9 Å². The molecule has 1 fully saturated rings. The van der Waals surface area contributed by atoms with Gasteiger partial charge in [0.2, 0.25) is 0 Å². The van der Waals surface area contributed by atoms with E-state index in [4.69, 9.17) is 10.5 Å². The number of ether oxygens (including phenoxy) is 1. The first kappa shape index (κ1) is 33.4. The van der Waals surface area contributed by atoms with Gasteiger partial charge in [-0.2, -0.15) is 0 Å². The Balaban J connectivity index is 1.73. The van der Waals surface area contributed by atoms with Crippen LogP contribution in [0.15, 0.2) is 60.7 Å². The fourth-order valence-corrected chi connectivity index (χ4v) is 7.78. The number of morpholine rings is 1. The van der Waals surface area contributed by atoms with Gasteiger partial charge in [-0.25, -0.2) is 0 Å². The minimum absolute atomic E-state index is 0.0470. The van der Waals surface area contributed by atoms with Crippen molar-refractivity contribution in [3.05, 3.63) is 71.8 Å². The van der Waals surface area contributed by atoms with E-state index in [-0.39, 0.29) is 9.68 Å². The SMILES string of the molecule is CCC(CN1CCOC(C)(SCc2ccccc2)C1)N(CCN)C(CNC(C)C)C(C)(C)SCc1ccccc1. The van der Waals surface area contributed by atoms with Gasteiger partial charge >= 0.3 is 0 Å². The van der Waals surface area contributed by atoms with Gasteiger partial charge in [-0.3, -0.25) is 9.80 Å². The van der Waals surface area contributed by atoms with Crippen LogP contribution in [0.4, 0.5) is 0 Å². The fraction of sp³-hybridized carbons (Fsp3) is 0.636. The maximum atomic E-state index is 6.36. The van der Waals surface area contributed by atoms with Crippen molar-refractivity contribution in [2.24, 2.45) is 5.73 Å². The predicted molar refractivity (Wildman–Crippen MR) is 177 cm³/mol. The lowest BCUT2D eigenvalue weighted by molar-refractivity contribution is -0.0504. The molecule has 1 saturated heterocycles. The van der Waals surface area contributed by atoms with Gasteiger partial charge in [-0.1, -0.05) is 81.4 Å². The molecule has 1 aliphatic heterocycles. The van der Waals surface area contributed by atoms with Crippen LogP contribution in [0.2, 0.25) is 0 Å². The second kappa shape index (κ2) is 16.5. The van der Waals surface area contributed by atoms with E-state index in [0.29, 0.717) is 24.7 Å². The van der Waals surface area contributed by atoms with Crippen LogP contribution in [0.3, 0.4) is 0 Å². The molecule has 2 aromatic carbocycles. The van der Waals surface area contributed by atoms with E-state index >= 15 is 0 Å². The third-order valence-corrected chi connectivity index (χ3v) is 10.7. The van der Waals surface area contributed by atoms with E-state index in [1.807, 2.05) is 11.8 Å². The highest BCUT2D eigenvalue weighted by Gasteiger charge is 2.39. The monoisotopic (exact) mass is 586 g/mol. The summed E-state index contributed by atoms with van der Waals surface area (Å²) in [6.07, 6.45) is 1.10. The summed E-state index contributed by atoms with van der Waals surface area (Å²) in [5.74, 6) is 1.98. The van der Waals surface area contributed by atoms with Crippen LogP contribution >= 0.6 is 23.5 Å². The van der Waals surface area contributed by atoms with E-state index in [2.05, 4.69) is 129 Å². The Bertz CT molecular complexity index is 961. The quantitative estimate of drug-likeness (QED) is 0.233. The molecular weight excluding hydrogens is 533 g/mol. The first-order valence-electron chi connectivity index (χ1n) is 15.1.